The van der Waals surface area contributed by atoms with Crippen molar-refractivity contribution in [2.75, 3.05) is 19.7 Å². The molecule has 1 heterocycles. The van der Waals surface area contributed by atoms with Crippen molar-refractivity contribution in [3.63, 3.8) is 0 Å². The Labute approximate surface area is 108 Å². The molecule has 4 heteroatoms. The van der Waals surface area contributed by atoms with E-state index in [1.807, 2.05) is 31.2 Å². The van der Waals surface area contributed by atoms with Gasteiger partial charge in [-0.2, -0.15) is 0 Å². The molecule has 1 saturated heterocycles. The molecular weight excluding hydrogens is 228 g/mol. The van der Waals surface area contributed by atoms with E-state index < -0.39 is 0 Å². The van der Waals surface area contributed by atoms with Crippen molar-refractivity contribution in [3.8, 4) is 0 Å². The fraction of sp³-hybridized carbons (Fsp3) is 0.500. The van der Waals surface area contributed by atoms with Crippen molar-refractivity contribution in [1.29, 1.82) is 0 Å². The van der Waals surface area contributed by atoms with E-state index in [9.17, 15) is 4.79 Å². The highest BCUT2D eigenvalue weighted by atomic mass is 16.5. The number of Topliss-reactive ketones (excluding diaryl/α,β-unsaturated/α-hetero) is 1. The van der Waals surface area contributed by atoms with Gasteiger partial charge < -0.3 is 16.2 Å². The normalized spacial score (nSPS) is 19.1. The first-order valence-electron chi connectivity index (χ1n) is 6.26. The number of carbonyl (C=O) groups is 1. The number of rotatable bonds is 4. The van der Waals surface area contributed by atoms with Crippen LogP contribution in [0.4, 0.5) is 0 Å². The lowest BCUT2D eigenvalue weighted by Crippen LogP contribution is -2.33. The lowest BCUT2D eigenvalue weighted by atomic mass is 10.0. The van der Waals surface area contributed by atoms with Gasteiger partial charge in [0.15, 0.2) is 5.78 Å². The number of benzene rings is 1. The molecule has 2 rings (SSSR count). The maximum atomic E-state index is 11.7. The Hall–Kier alpha value is -1.23. The van der Waals surface area contributed by atoms with E-state index in [0.717, 1.165) is 37.2 Å². The van der Waals surface area contributed by atoms with Crippen LogP contribution < -0.4 is 11.5 Å². The molecule has 0 amide bonds. The van der Waals surface area contributed by atoms with E-state index in [0.29, 0.717) is 6.42 Å². The molecule has 1 aliphatic rings. The molecule has 1 unspecified atom stereocenters. The summed E-state index contributed by atoms with van der Waals surface area (Å²) in [6.07, 6.45) is 1.65. The summed E-state index contributed by atoms with van der Waals surface area (Å²) in [6.45, 7) is 4.54. The van der Waals surface area contributed by atoms with Crippen molar-refractivity contribution in [2.24, 2.45) is 0 Å². The van der Waals surface area contributed by atoms with E-state index in [4.69, 9.17) is 4.74 Å². The van der Waals surface area contributed by atoms with E-state index in [1.54, 1.807) is 0 Å². The summed E-state index contributed by atoms with van der Waals surface area (Å²) >= 11 is 0. The first kappa shape index (κ1) is 14.8. The van der Waals surface area contributed by atoms with Gasteiger partial charge in [0.25, 0.3) is 0 Å². The molecule has 18 heavy (non-hydrogen) atoms. The monoisotopic (exact) mass is 250 g/mol. The van der Waals surface area contributed by atoms with Gasteiger partial charge in [0, 0.05) is 25.1 Å². The molecule has 0 aromatic heterocycles. The van der Waals surface area contributed by atoms with Gasteiger partial charge in [-0.05, 0) is 12.0 Å². The summed E-state index contributed by atoms with van der Waals surface area (Å²) in [7, 11) is 0. The average molecular weight is 250 g/mol. The van der Waals surface area contributed by atoms with Crippen LogP contribution in [-0.2, 0) is 4.74 Å². The fourth-order valence-corrected chi connectivity index (χ4v) is 2.03. The van der Waals surface area contributed by atoms with Crippen LogP contribution in [0.15, 0.2) is 24.3 Å². The molecule has 4 N–H and O–H groups in total. The second kappa shape index (κ2) is 7.26. The zero-order valence-corrected chi connectivity index (χ0v) is 10.9. The summed E-state index contributed by atoms with van der Waals surface area (Å²) in [6, 6.07) is 7.82. The van der Waals surface area contributed by atoms with Crippen LogP contribution in [0.2, 0.25) is 0 Å². The Kier molecular flexibility index (Phi) is 5.98. The van der Waals surface area contributed by atoms with Gasteiger partial charge in [0.2, 0.25) is 0 Å². The van der Waals surface area contributed by atoms with Gasteiger partial charge in [0.1, 0.15) is 0 Å². The SMILES string of the molecule is CCCC(=O)c1ccc(C2CNCCO2)cc1.N. The highest BCUT2D eigenvalue weighted by Gasteiger charge is 2.15. The van der Waals surface area contributed by atoms with Crippen LogP contribution in [-0.4, -0.2) is 25.5 Å². The van der Waals surface area contributed by atoms with Crippen molar-refractivity contribution < 1.29 is 9.53 Å². The smallest absolute Gasteiger partial charge is 0.162 e. The highest BCUT2D eigenvalue weighted by molar-refractivity contribution is 5.96. The number of morpholine rings is 1. The molecule has 1 aromatic rings. The van der Waals surface area contributed by atoms with Gasteiger partial charge in [-0.25, -0.2) is 0 Å². The minimum Gasteiger partial charge on any atom is -0.371 e. The third-order valence-corrected chi connectivity index (χ3v) is 3.01. The Bertz CT molecular complexity index is 370. The van der Waals surface area contributed by atoms with E-state index in [2.05, 4.69) is 5.32 Å². The largest absolute Gasteiger partial charge is 0.371 e. The molecule has 100 valence electrons. The van der Waals surface area contributed by atoms with Crippen molar-refractivity contribution in [1.82, 2.24) is 11.5 Å². The average Bonchev–Trinajstić information content (AvgIpc) is 2.40. The van der Waals surface area contributed by atoms with Crippen LogP contribution in [0.25, 0.3) is 0 Å². The summed E-state index contributed by atoms with van der Waals surface area (Å²) in [5.41, 5.74) is 1.95. The predicted octanol–water partition coefficient (Wildman–Crippen LogP) is 2.49. The van der Waals surface area contributed by atoms with E-state index >= 15 is 0 Å². The summed E-state index contributed by atoms with van der Waals surface area (Å²) < 4.78 is 5.66. The molecule has 0 radical (unpaired) electrons. The van der Waals surface area contributed by atoms with Crippen LogP contribution >= 0.6 is 0 Å². The number of hydrogen-bond donors (Lipinski definition) is 2. The number of ether oxygens (including phenoxy) is 1. The maximum Gasteiger partial charge on any atom is 0.162 e. The molecule has 4 nitrogen and oxygen atoms in total. The predicted molar refractivity (Wildman–Crippen MR) is 72.3 cm³/mol. The summed E-state index contributed by atoms with van der Waals surface area (Å²) in [5, 5.41) is 3.30. The third-order valence-electron chi connectivity index (χ3n) is 3.01. The van der Waals surface area contributed by atoms with Gasteiger partial charge in [-0.3, -0.25) is 4.79 Å². The first-order chi connectivity index (χ1) is 8.31. The molecule has 0 spiro atoms. The molecule has 0 aliphatic carbocycles. The lowest BCUT2D eigenvalue weighted by molar-refractivity contribution is 0.0277. The van der Waals surface area contributed by atoms with Crippen LogP contribution in [0, 0.1) is 0 Å². The van der Waals surface area contributed by atoms with Crippen molar-refractivity contribution in [2.45, 2.75) is 25.9 Å². The Morgan fingerprint density at radius 1 is 1.39 bits per heavy atom. The van der Waals surface area contributed by atoms with Gasteiger partial charge in [-0.1, -0.05) is 31.2 Å². The van der Waals surface area contributed by atoms with Gasteiger partial charge in [0.05, 0.1) is 12.7 Å². The minimum absolute atomic E-state index is 0. The van der Waals surface area contributed by atoms with E-state index in [1.165, 1.54) is 0 Å². The standard InChI is InChI=1S/C14H19NO2.H3N/c1-2-3-13(16)11-4-6-12(7-5-11)14-10-15-8-9-17-14;/h4-7,14-15H,2-3,8-10H2,1H3;1H3. The quantitative estimate of drug-likeness (QED) is 0.805. The van der Waals surface area contributed by atoms with E-state index in [-0.39, 0.29) is 18.0 Å². The maximum absolute atomic E-state index is 11.7. The molecule has 1 aliphatic heterocycles. The minimum atomic E-state index is 0. The highest BCUT2D eigenvalue weighted by Crippen LogP contribution is 2.19. The zero-order valence-electron chi connectivity index (χ0n) is 10.9. The zero-order chi connectivity index (χ0) is 12.1. The number of ketones is 1. The molecular formula is C14H22N2O2. The Morgan fingerprint density at radius 2 is 2.11 bits per heavy atom. The molecule has 0 saturated carbocycles. The molecule has 1 fully saturated rings. The summed E-state index contributed by atoms with van der Waals surface area (Å²) in [5.74, 6) is 0.224. The number of hydrogen-bond acceptors (Lipinski definition) is 4. The van der Waals surface area contributed by atoms with Crippen LogP contribution in [0.3, 0.4) is 0 Å². The number of carbonyl (C=O) groups excluding carboxylic acids is 1. The molecule has 0 bridgehead atoms. The Morgan fingerprint density at radius 3 is 2.67 bits per heavy atom. The molecule has 1 aromatic carbocycles. The second-order valence-corrected chi connectivity index (χ2v) is 4.36. The van der Waals surface area contributed by atoms with Crippen molar-refractivity contribution >= 4 is 5.78 Å². The van der Waals surface area contributed by atoms with Gasteiger partial charge >= 0.3 is 0 Å². The topological polar surface area (TPSA) is 73.3 Å². The second-order valence-electron chi connectivity index (χ2n) is 4.36. The van der Waals surface area contributed by atoms with Crippen LogP contribution in [0.1, 0.15) is 41.8 Å². The number of nitrogens with one attached hydrogen (secondary N) is 1. The van der Waals surface area contributed by atoms with Crippen molar-refractivity contribution in [3.05, 3.63) is 35.4 Å². The fourth-order valence-electron chi connectivity index (χ4n) is 2.03. The first-order valence-corrected chi connectivity index (χ1v) is 6.26. The van der Waals surface area contributed by atoms with Crippen LogP contribution in [0.5, 0.6) is 0 Å². The van der Waals surface area contributed by atoms with Gasteiger partial charge in [-0.15, -0.1) is 0 Å². The lowest BCUT2D eigenvalue weighted by Gasteiger charge is -2.24. The third kappa shape index (κ3) is 3.63. The summed E-state index contributed by atoms with van der Waals surface area (Å²) in [4.78, 5) is 11.7. The molecule has 1 atom stereocenters. The Balaban J connectivity index is 0.00000162.